The van der Waals surface area contributed by atoms with Crippen molar-refractivity contribution in [3.05, 3.63) is 53.5 Å². The Morgan fingerprint density at radius 2 is 2.05 bits per heavy atom. The van der Waals surface area contributed by atoms with Crippen LogP contribution < -0.4 is 10.1 Å². The molecule has 0 aliphatic carbocycles. The van der Waals surface area contributed by atoms with Crippen molar-refractivity contribution >= 4 is 11.9 Å². The van der Waals surface area contributed by atoms with Crippen LogP contribution in [0.5, 0.6) is 5.75 Å². The number of rotatable bonds is 4. The molecule has 0 saturated heterocycles. The molecule has 1 atom stereocenters. The highest BCUT2D eigenvalue weighted by atomic mass is 16.5. The van der Waals surface area contributed by atoms with Crippen molar-refractivity contribution in [2.24, 2.45) is 0 Å². The van der Waals surface area contributed by atoms with E-state index in [9.17, 15) is 9.59 Å². The molecule has 0 bridgehead atoms. The third-order valence-corrected chi connectivity index (χ3v) is 3.25. The van der Waals surface area contributed by atoms with E-state index in [2.05, 4.69) is 5.32 Å². The van der Waals surface area contributed by atoms with E-state index in [0.29, 0.717) is 12.2 Å². The Balaban J connectivity index is 1.57. The molecule has 2 heterocycles. The fourth-order valence-electron chi connectivity index (χ4n) is 2.20. The molecule has 1 aromatic heterocycles. The van der Waals surface area contributed by atoms with Gasteiger partial charge < -0.3 is 19.6 Å². The number of hydrogen-bond acceptors (Lipinski definition) is 4. The molecule has 6 nitrogen and oxygen atoms in total. The van der Waals surface area contributed by atoms with Crippen molar-refractivity contribution in [2.75, 3.05) is 0 Å². The van der Waals surface area contributed by atoms with E-state index in [1.165, 1.54) is 12.1 Å². The van der Waals surface area contributed by atoms with Gasteiger partial charge in [-0.25, -0.2) is 4.79 Å². The van der Waals surface area contributed by atoms with Crippen LogP contribution in [0.3, 0.4) is 0 Å². The monoisotopic (exact) mass is 287 g/mol. The zero-order valence-corrected chi connectivity index (χ0v) is 11.0. The summed E-state index contributed by atoms with van der Waals surface area (Å²) in [4.78, 5) is 22.7. The van der Waals surface area contributed by atoms with Crippen LogP contribution in [0, 0.1) is 0 Å². The van der Waals surface area contributed by atoms with Gasteiger partial charge in [-0.3, -0.25) is 4.79 Å². The van der Waals surface area contributed by atoms with Gasteiger partial charge in [0.25, 0.3) is 5.91 Å². The first-order valence-electron chi connectivity index (χ1n) is 6.48. The summed E-state index contributed by atoms with van der Waals surface area (Å²) in [6, 6.07) is 10.4. The number of carboxylic acid groups (broad SMARTS) is 1. The van der Waals surface area contributed by atoms with Gasteiger partial charge in [0.1, 0.15) is 11.5 Å². The Morgan fingerprint density at radius 3 is 2.76 bits per heavy atom. The van der Waals surface area contributed by atoms with Gasteiger partial charge in [-0.15, -0.1) is 0 Å². The number of benzene rings is 1. The van der Waals surface area contributed by atoms with Gasteiger partial charge in [-0.1, -0.05) is 18.2 Å². The van der Waals surface area contributed by atoms with Crippen molar-refractivity contribution in [1.82, 2.24) is 5.32 Å². The molecule has 1 aliphatic rings. The second kappa shape index (κ2) is 5.32. The number of carbonyl (C=O) groups excluding carboxylic acids is 1. The minimum Gasteiger partial charge on any atom is -0.480 e. The van der Waals surface area contributed by atoms with Crippen molar-refractivity contribution in [3.8, 4) is 5.75 Å². The molecular weight excluding hydrogens is 274 g/mol. The van der Waals surface area contributed by atoms with Crippen LogP contribution in [-0.4, -0.2) is 23.1 Å². The van der Waals surface area contributed by atoms with Crippen LogP contribution in [0.2, 0.25) is 0 Å². The molecule has 0 fully saturated rings. The number of ether oxygens (including phenoxy) is 1. The van der Waals surface area contributed by atoms with Crippen molar-refractivity contribution in [3.63, 3.8) is 0 Å². The molecule has 0 saturated carbocycles. The van der Waals surface area contributed by atoms with Crippen LogP contribution in [0.25, 0.3) is 0 Å². The average molecular weight is 287 g/mol. The first kappa shape index (κ1) is 13.2. The van der Waals surface area contributed by atoms with E-state index in [0.717, 1.165) is 11.3 Å². The van der Waals surface area contributed by atoms with Crippen molar-refractivity contribution in [2.45, 2.75) is 19.1 Å². The van der Waals surface area contributed by atoms with Gasteiger partial charge in [-0.2, -0.15) is 0 Å². The standard InChI is InChI=1S/C15H13NO5/c17-14(13-7-9-3-1-2-4-11(9)21-13)16-8-10-5-6-12(20-10)15(18)19/h1-6,13H,7-8H2,(H,16,17)(H,18,19)/t13-/m1/s1. The zero-order valence-electron chi connectivity index (χ0n) is 11.0. The smallest absolute Gasteiger partial charge is 0.371 e. The summed E-state index contributed by atoms with van der Waals surface area (Å²) in [5.41, 5.74) is 1.00. The number of hydrogen-bond donors (Lipinski definition) is 2. The summed E-state index contributed by atoms with van der Waals surface area (Å²) in [6.45, 7) is 0.127. The van der Waals surface area contributed by atoms with Crippen LogP contribution in [0.1, 0.15) is 21.9 Å². The summed E-state index contributed by atoms with van der Waals surface area (Å²) in [7, 11) is 0. The minimum absolute atomic E-state index is 0.127. The first-order chi connectivity index (χ1) is 10.1. The number of aromatic carboxylic acids is 1. The zero-order chi connectivity index (χ0) is 14.8. The van der Waals surface area contributed by atoms with Crippen molar-refractivity contribution in [1.29, 1.82) is 0 Å². The quantitative estimate of drug-likeness (QED) is 0.891. The summed E-state index contributed by atoms with van der Waals surface area (Å²) in [6.07, 6.45) is -0.0307. The van der Waals surface area contributed by atoms with Crippen LogP contribution in [0.4, 0.5) is 0 Å². The lowest BCUT2D eigenvalue weighted by molar-refractivity contribution is -0.127. The number of furan rings is 1. The van der Waals surface area contributed by atoms with Gasteiger partial charge in [0.2, 0.25) is 5.76 Å². The van der Waals surface area contributed by atoms with E-state index in [-0.39, 0.29) is 18.2 Å². The predicted molar refractivity (Wildman–Crippen MR) is 72.1 cm³/mol. The van der Waals surface area contributed by atoms with Crippen LogP contribution >= 0.6 is 0 Å². The fraction of sp³-hybridized carbons (Fsp3) is 0.200. The lowest BCUT2D eigenvalue weighted by Gasteiger charge is -2.10. The Kier molecular flexibility index (Phi) is 3.35. The van der Waals surface area contributed by atoms with Gasteiger partial charge in [0.05, 0.1) is 6.54 Å². The predicted octanol–water partition coefficient (Wildman–Crippen LogP) is 1.60. The van der Waals surface area contributed by atoms with Gasteiger partial charge in [0, 0.05) is 6.42 Å². The first-order valence-corrected chi connectivity index (χ1v) is 6.48. The van der Waals surface area contributed by atoms with E-state index >= 15 is 0 Å². The lowest BCUT2D eigenvalue weighted by atomic mass is 10.1. The van der Waals surface area contributed by atoms with E-state index in [4.69, 9.17) is 14.3 Å². The largest absolute Gasteiger partial charge is 0.480 e. The maximum atomic E-state index is 12.0. The van der Waals surface area contributed by atoms with Crippen molar-refractivity contribution < 1.29 is 23.8 Å². The lowest BCUT2D eigenvalue weighted by Crippen LogP contribution is -2.36. The third kappa shape index (κ3) is 2.74. The second-order valence-corrected chi connectivity index (χ2v) is 4.71. The highest BCUT2D eigenvalue weighted by molar-refractivity contribution is 5.84. The fourth-order valence-corrected chi connectivity index (χ4v) is 2.20. The Hall–Kier alpha value is -2.76. The number of amides is 1. The number of fused-ring (bicyclic) bond motifs is 1. The summed E-state index contributed by atoms with van der Waals surface area (Å²) < 4.78 is 10.6. The molecule has 0 radical (unpaired) electrons. The number of carboxylic acids is 1. The molecule has 0 spiro atoms. The molecule has 21 heavy (non-hydrogen) atoms. The topological polar surface area (TPSA) is 88.8 Å². The summed E-state index contributed by atoms with van der Waals surface area (Å²) in [5.74, 6) is -0.425. The van der Waals surface area contributed by atoms with Crippen LogP contribution in [-0.2, 0) is 17.8 Å². The van der Waals surface area contributed by atoms with Crippen LogP contribution in [0.15, 0.2) is 40.8 Å². The van der Waals surface area contributed by atoms with E-state index in [1.54, 1.807) is 0 Å². The van der Waals surface area contributed by atoms with E-state index in [1.807, 2.05) is 24.3 Å². The SMILES string of the molecule is O=C(O)c1ccc(CNC(=O)[C@H]2Cc3ccccc3O2)o1. The molecule has 0 unspecified atom stereocenters. The number of nitrogens with one attached hydrogen (secondary N) is 1. The van der Waals surface area contributed by atoms with Gasteiger partial charge in [0.15, 0.2) is 6.10 Å². The molecule has 1 aliphatic heterocycles. The Bertz CT molecular complexity index is 666. The molecule has 2 N–H and O–H groups in total. The third-order valence-electron chi connectivity index (χ3n) is 3.25. The number of carbonyl (C=O) groups is 2. The maximum Gasteiger partial charge on any atom is 0.371 e. The molecule has 2 aromatic rings. The van der Waals surface area contributed by atoms with Gasteiger partial charge >= 0.3 is 5.97 Å². The Morgan fingerprint density at radius 1 is 1.24 bits per heavy atom. The van der Waals surface area contributed by atoms with Gasteiger partial charge in [-0.05, 0) is 23.8 Å². The molecule has 3 rings (SSSR count). The molecule has 1 amide bonds. The number of para-hydroxylation sites is 1. The minimum atomic E-state index is -1.14. The molecule has 108 valence electrons. The molecule has 6 heteroatoms. The maximum absolute atomic E-state index is 12.0. The Labute approximate surface area is 120 Å². The summed E-state index contributed by atoms with van der Waals surface area (Å²) in [5, 5.41) is 11.4. The normalized spacial score (nSPS) is 16.1. The van der Waals surface area contributed by atoms with E-state index < -0.39 is 12.1 Å². The summed E-state index contributed by atoms with van der Waals surface area (Å²) >= 11 is 0. The molecule has 1 aromatic carbocycles. The highest BCUT2D eigenvalue weighted by Crippen LogP contribution is 2.28. The highest BCUT2D eigenvalue weighted by Gasteiger charge is 2.28. The average Bonchev–Trinajstić information content (AvgIpc) is 3.11. The molecular formula is C15H13NO5. The second-order valence-electron chi connectivity index (χ2n) is 4.71.